The highest BCUT2D eigenvalue weighted by Crippen LogP contribution is 2.54. The molecule has 0 N–H and O–H groups in total. The number of hydrogen-bond donors (Lipinski definition) is 0. The summed E-state index contributed by atoms with van der Waals surface area (Å²) in [6.07, 6.45) is 1.65. The Hall–Kier alpha value is -0.200. The van der Waals surface area contributed by atoms with E-state index in [1.54, 1.807) is 0 Å². The predicted octanol–water partition coefficient (Wildman–Crippen LogP) is 3.75. The Morgan fingerprint density at radius 1 is 1.16 bits per heavy atom. The van der Waals surface area contributed by atoms with Crippen molar-refractivity contribution in [3.8, 4) is 6.07 Å². The minimum Gasteiger partial charge on any atom is -0.330 e. The standard InChI is InChI=1S/C14H28N3OP/c1-11(2)16-13(5)10-14(6)17(12(3)4)19(16)18-9-7-8-15/h11-14H,7,9-10H2,1-6H3. The number of rotatable bonds is 5. The molecule has 0 aromatic rings. The van der Waals surface area contributed by atoms with Crippen molar-refractivity contribution in [2.45, 2.75) is 78.6 Å². The van der Waals surface area contributed by atoms with E-state index in [1.807, 2.05) is 0 Å². The first-order chi connectivity index (χ1) is 8.90. The second kappa shape index (κ2) is 7.55. The molecule has 0 aromatic heterocycles. The van der Waals surface area contributed by atoms with E-state index in [2.05, 4.69) is 57.0 Å². The molecule has 0 radical (unpaired) electrons. The van der Waals surface area contributed by atoms with E-state index in [0.29, 0.717) is 37.2 Å². The molecular formula is C14H28N3OP. The van der Waals surface area contributed by atoms with Crippen LogP contribution in [0, 0.1) is 11.3 Å². The van der Waals surface area contributed by atoms with Gasteiger partial charge in [0.1, 0.15) is 0 Å². The highest BCUT2D eigenvalue weighted by Gasteiger charge is 2.41. The van der Waals surface area contributed by atoms with Gasteiger partial charge in [-0.15, -0.1) is 0 Å². The number of nitriles is 1. The van der Waals surface area contributed by atoms with Gasteiger partial charge in [0.25, 0.3) is 0 Å². The van der Waals surface area contributed by atoms with Crippen molar-refractivity contribution in [2.75, 3.05) is 6.61 Å². The van der Waals surface area contributed by atoms with Crippen LogP contribution >= 0.6 is 8.45 Å². The topological polar surface area (TPSA) is 39.5 Å². The van der Waals surface area contributed by atoms with Gasteiger partial charge in [-0.1, -0.05) is 0 Å². The van der Waals surface area contributed by atoms with Gasteiger partial charge in [0.05, 0.1) is 19.1 Å². The third kappa shape index (κ3) is 4.13. The first-order valence-corrected chi connectivity index (χ1v) is 8.43. The molecule has 2 atom stereocenters. The Kier molecular flexibility index (Phi) is 6.69. The molecular weight excluding hydrogens is 257 g/mol. The molecule has 1 rings (SSSR count). The molecule has 2 unspecified atom stereocenters. The van der Waals surface area contributed by atoms with Gasteiger partial charge in [-0.2, -0.15) is 5.26 Å². The molecule has 5 heteroatoms. The SMILES string of the molecule is CC(C)N1C(C)CC(C)N(C(C)C)P1OCCC#N. The van der Waals surface area contributed by atoms with E-state index in [9.17, 15) is 0 Å². The van der Waals surface area contributed by atoms with Gasteiger partial charge in [-0.25, -0.2) is 9.34 Å². The summed E-state index contributed by atoms with van der Waals surface area (Å²) in [5.74, 6) is 0. The largest absolute Gasteiger partial charge is 0.330 e. The Morgan fingerprint density at radius 2 is 1.63 bits per heavy atom. The van der Waals surface area contributed by atoms with E-state index in [1.165, 1.54) is 6.42 Å². The van der Waals surface area contributed by atoms with E-state index in [0.717, 1.165) is 0 Å². The van der Waals surface area contributed by atoms with E-state index in [-0.39, 0.29) is 0 Å². The number of nitrogens with zero attached hydrogens (tertiary/aromatic N) is 3. The maximum atomic E-state index is 8.70. The molecule has 1 fully saturated rings. The summed E-state index contributed by atoms with van der Waals surface area (Å²) >= 11 is 0. The Labute approximate surface area is 119 Å². The summed E-state index contributed by atoms with van der Waals surface area (Å²) in [5.41, 5.74) is 0. The molecule has 19 heavy (non-hydrogen) atoms. The highest BCUT2D eigenvalue weighted by atomic mass is 31.2. The first kappa shape index (κ1) is 16.9. The van der Waals surface area contributed by atoms with Gasteiger partial charge < -0.3 is 4.52 Å². The van der Waals surface area contributed by atoms with Gasteiger partial charge in [0.2, 0.25) is 0 Å². The second-order valence-corrected chi connectivity index (χ2v) is 7.56. The predicted molar refractivity (Wildman–Crippen MR) is 80.6 cm³/mol. The van der Waals surface area contributed by atoms with Crippen LogP contribution in [0.3, 0.4) is 0 Å². The van der Waals surface area contributed by atoms with Gasteiger partial charge in [0.15, 0.2) is 8.45 Å². The molecule has 0 amide bonds. The lowest BCUT2D eigenvalue weighted by Crippen LogP contribution is -2.51. The minimum absolute atomic E-state index is 0.469. The van der Waals surface area contributed by atoms with E-state index in [4.69, 9.17) is 9.79 Å². The Bertz CT molecular complexity index is 296. The molecule has 1 saturated heterocycles. The third-order valence-corrected chi connectivity index (χ3v) is 6.38. The molecule has 0 saturated carbocycles. The maximum Gasteiger partial charge on any atom is 0.188 e. The molecule has 0 aromatic carbocycles. The van der Waals surface area contributed by atoms with Gasteiger partial charge in [-0.05, 0) is 48.0 Å². The zero-order valence-electron chi connectivity index (χ0n) is 13.1. The zero-order chi connectivity index (χ0) is 14.6. The van der Waals surface area contributed by atoms with Crippen molar-refractivity contribution in [3.05, 3.63) is 0 Å². The summed E-state index contributed by atoms with van der Waals surface area (Å²) in [5, 5.41) is 8.70. The van der Waals surface area contributed by atoms with Crippen molar-refractivity contribution in [1.82, 2.24) is 9.34 Å². The molecule has 1 aliphatic heterocycles. The molecule has 1 heterocycles. The molecule has 1 aliphatic rings. The maximum absolute atomic E-state index is 8.70. The van der Waals surface area contributed by atoms with Gasteiger partial charge in [-0.3, -0.25) is 0 Å². The van der Waals surface area contributed by atoms with Crippen LogP contribution in [-0.4, -0.2) is 40.1 Å². The van der Waals surface area contributed by atoms with Crippen LogP contribution in [-0.2, 0) is 4.52 Å². The molecule has 4 nitrogen and oxygen atoms in total. The van der Waals surface area contributed by atoms with Crippen molar-refractivity contribution in [1.29, 1.82) is 5.26 Å². The van der Waals surface area contributed by atoms with Crippen LogP contribution in [0.4, 0.5) is 0 Å². The summed E-state index contributed by atoms with van der Waals surface area (Å²) < 4.78 is 11.1. The lowest BCUT2D eigenvalue weighted by atomic mass is 10.1. The fraction of sp³-hybridized carbons (Fsp3) is 0.929. The zero-order valence-corrected chi connectivity index (χ0v) is 14.0. The average Bonchev–Trinajstić information content (AvgIpc) is 2.27. The second-order valence-electron chi connectivity index (χ2n) is 5.88. The van der Waals surface area contributed by atoms with Crippen LogP contribution in [0.15, 0.2) is 0 Å². The van der Waals surface area contributed by atoms with Gasteiger partial charge in [0, 0.05) is 24.2 Å². The summed E-state index contributed by atoms with van der Waals surface area (Å²) in [4.78, 5) is 0. The summed E-state index contributed by atoms with van der Waals surface area (Å²) in [6, 6.07) is 4.18. The first-order valence-electron chi connectivity index (χ1n) is 7.26. The van der Waals surface area contributed by atoms with Crippen LogP contribution in [0.5, 0.6) is 0 Å². The summed E-state index contributed by atoms with van der Waals surface area (Å²) in [6.45, 7) is 14.0. The minimum atomic E-state index is -0.752. The van der Waals surface area contributed by atoms with Gasteiger partial charge >= 0.3 is 0 Å². The van der Waals surface area contributed by atoms with Crippen LogP contribution in [0.1, 0.15) is 54.4 Å². The normalized spacial score (nSPS) is 29.9. The van der Waals surface area contributed by atoms with Crippen LogP contribution in [0.25, 0.3) is 0 Å². The van der Waals surface area contributed by atoms with Crippen LogP contribution < -0.4 is 0 Å². The monoisotopic (exact) mass is 285 g/mol. The quantitative estimate of drug-likeness (QED) is 0.570. The molecule has 0 aliphatic carbocycles. The fourth-order valence-corrected chi connectivity index (χ4v) is 5.30. The van der Waals surface area contributed by atoms with Crippen molar-refractivity contribution in [2.24, 2.45) is 0 Å². The molecule has 110 valence electrons. The van der Waals surface area contributed by atoms with Crippen molar-refractivity contribution < 1.29 is 4.52 Å². The summed E-state index contributed by atoms with van der Waals surface area (Å²) in [7, 11) is -0.752. The Balaban J connectivity index is 2.90. The smallest absolute Gasteiger partial charge is 0.188 e. The lowest BCUT2D eigenvalue weighted by molar-refractivity contribution is 0.121. The van der Waals surface area contributed by atoms with E-state index >= 15 is 0 Å². The average molecular weight is 285 g/mol. The van der Waals surface area contributed by atoms with Crippen molar-refractivity contribution in [3.63, 3.8) is 0 Å². The lowest BCUT2D eigenvalue weighted by Gasteiger charge is -2.52. The fourth-order valence-electron chi connectivity index (χ4n) is 2.89. The molecule has 0 spiro atoms. The third-order valence-electron chi connectivity index (χ3n) is 3.46. The van der Waals surface area contributed by atoms with Crippen molar-refractivity contribution >= 4 is 8.45 Å². The molecule has 0 bridgehead atoms. The Morgan fingerprint density at radius 3 is 2.00 bits per heavy atom. The highest BCUT2D eigenvalue weighted by molar-refractivity contribution is 7.47. The van der Waals surface area contributed by atoms with Crippen LogP contribution in [0.2, 0.25) is 0 Å². The number of hydrogen-bond acceptors (Lipinski definition) is 4. The van der Waals surface area contributed by atoms with E-state index < -0.39 is 8.45 Å².